The number of fused-ring (bicyclic) bond motifs is 4. The van der Waals surface area contributed by atoms with Crippen LogP contribution in [0.25, 0.3) is 78.4 Å². The fourth-order valence-corrected chi connectivity index (χ4v) is 7.33. The van der Waals surface area contributed by atoms with Gasteiger partial charge in [0.25, 0.3) is 0 Å². The van der Waals surface area contributed by atoms with Crippen LogP contribution in [0.4, 0.5) is 0 Å². The Bertz CT molecular complexity index is 2610. The Balaban J connectivity index is 1.27. The summed E-state index contributed by atoms with van der Waals surface area (Å²) in [7, 11) is 0. The number of hydrogen-bond acceptors (Lipinski definition) is 5. The third kappa shape index (κ3) is 5.26. The van der Waals surface area contributed by atoms with Gasteiger partial charge in [0.05, 0.1) is 17.3 Å². The van der Waals surface area contributed by atoms with Crippen molar-refractivity contribution in [2.75, 3.05) is 0 Å². The highest BCUT2D eigenvalue weighted by atomic mass is 15.0. The van der Waals surface area contributed by atoms with Gasteiger partial charge < -0.3 is 0 Å². The number of nitrogens with zero attached hydrogens (tertiary/aromatic N) is 5. The molecular formula is C46H31N5. The molecule has 9 rings (SSSR count). The summed E-state index contributed by atoms with van der Waals surface area (Å²) in [6.45, 7) is 4.48. The van der Waals surface area contributed by atoms with Crippen molar-refractivity contribution in [1.82, 2.24) is 19.9 Å². The maximum atomic E-state index is 9.65. The molecule has 0 fully saturated rings. The second-order valence-corrected chi connectivity index (χ2v) is 13.5. The molecule has 240 valence electrons. The van der Waals surface area contributed by atoms with Gasteiger partial charge in [0, 0.05) is 39.3 Å². The number of benzene rings is 6. The largest absolute Gasteiger partial charge is 0.256 e. The fourth-order valence-electron chi connectivity index (χ4n) is 7.33. The molecule has 51 heavy (non-hydrogen) atoms. The maximum absolute atomic E-state index is 9.65. The van der Waals surface area contributed by atoms with Crippen LogP contribution in [0.15, 0.2) is 152 Å². The molecule has 8 aromatic rings. The van der Waals surface area contributed by atoms with Gasteiger partial charge in [0.2, 0.25) is 0 Å². The fraction of sp³-hybridized carbons (Fsp3) is 0.0652. The molecule has 0 unspecified atom stereocenters. The standard InChI is InChI=1S/C46H31N5/c1-46(2)40-23-29(28-47)17-19-38(40)39-20-18-33(27-41(39)46)34-24-35(42-37-16-10-9-11-30(37)21-22-48-42)26-36(25-34)45-50-43(31-12-5-3-6-13-31)49-44(51-45)32-14-7-4-8-15-32/h3-27H,1-2H3. The van der Waals surface area contributed by atoms with Gasteiger partial charge in [-0.15, -0.1) is 0 Å². The van der Waals surface area contributed by atoms with E-state index in [2.05, 4.69) is 86.6 Å². The molecule has 6 aromatic carbocycles. The van der Waals surface area contributed by atoms with E-state index >= 15 is 0 Å². The summed E-state index contributed by atoms with van der Waals surface area (Å²) >= 11 is 0. The summed E-state index contributed by atoms with van der Waals surface area (Å²) in [4.78, 5) is 20.0. The number of rotatable bonds is 5. The van der Waals surface area contributed by atoms with Crippen LogP contribution in [-0.4, -0.2) is 19.9 Å². The molecule has 0 bridgehead atoms. The number of hydrogen-bond donors (Lipinski definition) is 0. The zero-order chi connectivity index (χ0) is 34.5. The molecule has 5 nitrogen and oxygen atoms in total. The summed E-state index contributed by atoms with van der Waals surface area (Å²) in [5, 5.41) is 11.9. The summed E-state index contributed by atoms with van der Waals surface area (Å²) < 4.78 is 0. The second kappa shape index (κ2) is 12.0. The normalized spacial score (nSPS) is 12.6. The smallest absolute Gasteiger partial charge is 0.164 e. The molecule has 1 aliphatic rings. The Hall–Kier alpha value is -6.77. The van der Waals surface area contributed by atoms with E-state index in [1.54, 1.807) is 0 Å². The first-order chi connectivity index (χ1) is 25.0. The van der Waals surface area contributed by atoms with E-state index in [1.807, 2.05) is 85.1 Å². The van der Waals surface area contributed by atoms with Gasteiger partial charge >= 0.3 is 0 Å². The maximum Gasteiger partial charge on any atom is 0.164 e. The van der Waals surface area contributed by atoms with Crippen LogP contribution in [0.1, 0.15) is 30.5 Å². The lowest BCUT2D eigenvalue weighted by molar-refractivity contribution is 0.660. The molecular weight excluding hydrogens is 623 g/mol. The molecule has 0 spiro atoms. The van der Waals surface area contributed by atoms with Crippen molar-refractivity contribution in [3.8, 4) is 73.7 Å². The molecule has 5 heteroatoms. The highest BCUT2D eigenvalue weighted by Crippen LogP contribution is 2.50. The van der Waals surface area contributed by atoms with Crippen LogP contribution >= 0.6 is 0 Å². The zero-order valence-corrected chi connectivity index (χ0v) is 28.2. The lowest BCUT2D eigenvalue weighted by Crippen LogP contribution is -2.15. The Morgan fingerprint density at radius 3 is 1.75 bits per heavy atom. The minimum atomic E-state index is -0.269. The highest BCUT2D eigenvalue weighted by molar-refractivity contribution is 5.96. The minimum Gasteiger partial charge on any atom is -0.256 e. The Morgan fingerprint density at radius 1 is 0.490 bits per heavy atom. The molecule has 0 amide bonds. The van der Waals surface area contributed by atoms with Crippen LogP contribution < -0.4 is 0 Å². The minimum absolute atomic E-state index is 0.269. The van der Waals surface area contributed by atoms with Crippen molar-refractivity contribution in [3.05, 3.63) is 168 Å². The lowest BCUT2D eigenvalue weighted by atomic mass is 9.81. The van der Waals surface area contributed by atoms with Crippen molar-refractivity contribution in [1.29, 1.82) is 5.26 Å². The third-order valence-corrected chi connectivity index (χ3v) is 9.98. The van der Waals surface area contributed by atoms with Crippen molar-refractivity contribution in [2.24, 2.45) is 0 Å². The van der Waals surface area contributed by atoms with E-state index in [4.69, 9.17) is 19.9 Å². The number of pyridine rings is 1. The quantitative estimate of drug-likeness (QED) is 0.185. The zero-order valence-electron chi connectivity index (χ0n) is 28.2. The lowest BCUT2D eigenvalue weighted by Gasteiger charge is -2.22. The summed E-state index contributed by atoms with van der Waals surface area (Å²) in [6, 6.07) is 52.1. The van der Waals surface area contributed by atoms with E-state index < -0.39 is 0 Å². The molecule has 0 radical (unpaired) electrons. The van der Waals surface area contributed by atoms with Crippen molar-refractivity contribution in [2.45, 2.75) is 19.3 Å². The highest BCUT2D eigenvalue weighted by Gasteiger charge is 2.36. The van der Waals surface area contributed by atoms with Crippen molar-refractivity contribution >= 4 is 10.8 Å². The van der Waals surface area contributed by atoms with Gasteiger partial charge in [-0.2, -0.15) is 5.26 Å². The summed E-state index contributed by atoms with van der Waals surface area (Å²) in [5.41, 5.74) is 11.9. The van der Waals surface area contributed by atoms with Gasteiger partial charge in [0.15, 0.2) is 17.5 Å². The van der Waals surface area contributed by atoms with E-state index in [-0.39, 0.29) is 5.41 Å². The Labute approximate surface area is 296 Å². The van der Waals surface area contributed by atoms with Crippen LogP contribution in [0, 0.1) is 11.3 Å². The molecule has 2 heterocycles. The second-order valence-electron chi connectivity index (χ2n) is 13.5. The van der Waals surface area contributed by atoms with E-state index in [9.17, 15) is 5.26 Å². The van der Waals surface area contributed by atoms with Crippen LogP contribution in [-0.2, 0) is 5.41 Å². The van der Waals surface area contributed by atoms with E-state index in [1.165, 1.54) is 22.3 Å². The van der Waals surface area contributed by atoms with Crippen molar-refractivity contribution < 1.29 is 0 Å². The molecule has 0 N–H and O–H groups in total. The number of nitriles is 1. The van der Waals surface area contributed by atoms with Gasteiger partial charge in [-0.3, -0.25) is 4.98 Å². The van der Waals surface area contributed by atoms with Crippen LogP contribution in [0.5, 0.6) is 0 Å². The Kier molecular flexibility index (Phi) is 7.12. The predicted molar refractivity (Wildman–Crippen MR) is 205 cm³/mol. The Morgan fingerprint density at radius 2 is 1.06 bits per heavy atom. The SMILES string of the molecule is CC1(C)c2cc(C#N)ccc2-c2ccc(-c3cc(-c4nc(-c5ccccc5)nc(-c5ccccc5)n4)cc(-c4nccc5ccccc45)c3)cc21. The molecule has 2 aromatic heterocycles. The molecule has 1 aliphatic carbocycles. The van der Waals surface area contributed by atoms with E-state index in [0.717, 1.165) is 49.8 Å². The van der Waals surface area contributed by atoms with Crippen LogP contribution in [0.2, 0.25) is 0 Å². The van der Waals surface area contributed by atoms with Gasteiger partial charge in [-0.1, -0.05) is 117 Å². The molecule has 0 saturated heterocycles. The molecule has 0 saturated carbocycles. The van der Waals surface area contributed by atoms with Crippen molar-refractivity contribution in [3.63, 3.8) is 0 Å². The average molecular weight is 654 g/mol. The van der Waals surface area contributed by atoms with E-state index in [0.29, 0.717) is 23.0 Å². The van der Waals surface area contributed by atoms with Crippen LogP contribution in [0.3, 0.4) is 0 Å². The summed E-state index contributed by atoms with van der Waals surface area (Å²) in [5.74, 6) is 1.82. The topological polar surface area (TPSA) is 75.3 Å². The van der Waals surface area contributed by atoms with Gasteiger partial charge in [-0.05, 0) is 81.2 Å². The first-order valence-corrected chi connectivity index (χ1v) is 17.0. The first kappa shape index (κ1) is 30.3. The average Bonchev–Trinajstić information content (AvgIpc) is 3.42. The molecule has 0 atom stereocenters. The molecule has 0 aliphatic heterocycles. The monoisotopic (exact) mass is 653 g/mol. The third-order valence-electron chi connectivity index (χ3n) is 9.98. The first-order valence-electron chi connectivity index (χ1n) is 17.0. The van der Waals surface area contributed by atoms with Gasteiger partial charge in [0.1, 0.15) is 0 Å². The predicted octanol–water partition coefficient (Wildman–Crippen LogP) is 10.9. The van der Waals surface area contributed by atoms with Gasteiger partial charge in [-0.25, -0.2) is 15.0 Å². The number of aromatic nitrogens is 4. The summed E-state index contributed by atoms with van der Waals surface area (Å²) in [6.07, 6.45) is 1.87.